The molecule has 0 aromatic heterocycles. The summed E-state index contributed by atoms with van der Waals surface area (Å²) in [6.07, 6.45) is 6.00. The van der Waals surface area contributed by atoms with Crippen LogP contribution in [0, 0.1) is 17.6 Å². The molecule has 3 rings (SSSR count). The second-order valence-electron chi connectivity index (χ2n) is 6.86. The van der Waals surface area contributed by atoms with Crippen LogP contribution in [-0.4, -0.2) is 25.0 Å². The predicted octanol–water partition coefficient (Wildman–Crippen LogP) is 3.41. The molecular formula is C18H24F2N2O. The summed E-state index contributed by atoms with van der Waals surface area (Å²) in [4.78, 5) is 14.1. The lowest BCUT2D eigenvalue weighted by atomic mass is 9.86. The Morgan fingerprint density at radius 2 is 2.04 bits per heavy atom. The van der Waals surface area contributed by atoms with Gasteiger partial charge < -0.3 is 10.2 Å². The third-order valence-corrected chi connectivity index (χ3v) is 5.09. The summed E-state index contributed by atoms with van der Waals surface area (Å²) in [5.41, 5.74) is 1.05. The molecule has 2 atom stereocenters. The van der Waals surface area contributed by atoms with Crippen LogP contribution in [-0.2, 0) is 11.2 Å². The van der Waals surface area contributed by atoms with E-state index in [-0.39, 0.29) is 18.5 Å². The largest absolute Gasteiger partial charge is 0.360 e. The van der Waals surface area contributed by atoms with Gasteiger partial charge in [-0.15, -0.1) is 0 Å². The molecule has 1 aliphatic heterocycles. The normalized spacial score (nSPS) is 24.2. The quantitative estimate of drug-likeness (QED) is 0.925. The van der Waals surface area contributed by atoms with Gasteiger partial charge >= 0.3 is 0 Å². The van der Waals surface area contributed by atoms with Gasteiger partial charge in [0.15, 0.2) is 0 Å². The number of rotatable bonds is 3. The second kappa shape index (κ2) is 6.85. The minimum Gasteiger partial charge on any atom is -0.360 e. The molecule has 23 heavy (non-hydrogen) atoms. The van der Waals surface area contributed by atoms with Crippen LogP contribution in [0.15, 0.2) is 12.1 Å². The summed E-state index contributed by atoms with van der Waals surface area (Å²) in [5.74, 6) is -0.699. The fourth-order valence-electron chi connectivity index (χ4n) is 3.85. The average Bonchev–Trinajstić information content (AvgIpc) is 2.49. The first-order valence-corrected chi connectivity index (χ1v) is 8.57. The van der Waals surface area contributed by atoms with Gasteiger partial charge in [-0.25, -0.2) is 8.78 Å². The van der Waals surface area contributed by atoms with Crippen molar-refractivity contribution >= 4 is 11.6 Å². The fraction of sp³-hybridized carbons (Fsp3) is 0.611. The molecule has 0 radical (unpaired) electrons. The van der Waals surface area contributed by atoms with Gasteiger partial charge in [0.1, 0.15) is 11.6 Å². The number of aryl methyl sites for hydroxylation is 1. The molecule has 0 saturated heterocycles. The number of carbonyl (C=O) groups is 1. The molecule has 1 saturated carbocycles. The molecule has 3 nitrogen and oxygen atoms in total. The maximum atomic E-state index is 14.1. The van der Waals surface area contributed by atoms with Crippen molar-refractivity contribution in [2.45, 2.75) is 51.5 Å². The maximum Gasteiger partial charge on any atom is 0.239 e. The molecule has 1 aromatic carbocycles. The molecule has 1 heterocycles. The Kier molecular flexibility index (Phi) is 4.83. The van der Waals surface area contributed by atoms with E-state index >= 15 is 0 Å². The van der Waals surface area contributed by atoms with E-state index in [0.717, 1.165) is 31.7 Å². The van der Waals surface area contributed by atoms with E-state index < -0.39 is 11.6 Å². The molecule has 0 unspecified atom stereocenters. The SMILES string of the molecule is C[C@@H]1CCCC[C@H]1NC(=O)CN1CCCc2cc(F)cc(F)c21. The molecule has 2 aliphatic rings. The number of nitrogens with one attached hydrogen (secondary N) is 1. The van der Waals surface area contributed by atoms with E-state index in [4.69, 9.17) is 0 Å². The molecule has 1 N–H and O–H groups in total. The zero-order valence-corrected chi connectivity index (χ0v) is 13.6. The second-order valence-corrected chi connectivity index (χ2v) is 6.86. The van der Waals surface area contributed by atoms with Crippen molar-refractivity contribution in [3.63, 3.8) is 0 Å². The van der Waals surface area contributed by atoms with Crippen LogP contribution in [0.25, 0.3) is 0 Å². The highest BCUT2D eigenvalue weighted by Crippen LogP contribution is 2.31. The monoisotopic (exact) mass is 322 g/mol. The molecule has 126 valence electrons. The minimum atomic E-state index is -0.571. The minimum absolute atomic E-state index is 0.0691. The zero-order valence-electron chi connectivity index (χ0n) is 13.6. The third-order valence-electron chi connectivity index (χ3n) is 5.09. The Morgan fingerprint density at radius 1 is 1.26 bits per heavy atom. The fourth-order valence-corrected chi connectivity index (χ4v) is 3.85. The van der Waals surface area contributed by atoms with Crippen molar-refractivity contribution in [3.8, 4) is 0 Å². The van der Waals surface area contributed by atoms with Crippen molar-refractivity contribution in [3.05, 3.63) is 29.3 Å². The molecule has 1 aromatic rings. The van der Waals surface area contributed by atoms with E-state index in [9.17, 15) is 13.6 Å². The van der Waals surface area contributed by atoms with Crippen LogP contribution in [0.2, 0.25) is 0 Å². The summed E-state index contributed by atoms with van der Waals surface area (Å²) in [7, 11) is 0. The first-order chi connectivity index (χ1) is 11.0. The van der Waals surface area contributed by atoms with Crippen molar-refractivity contribution < 1.29 is 13.6 Å². The third kappa shape index (κ3) is 3.65. The molecule has 5 heteroatoms. The number of benzene rings is 1. The Morgan fingerprint density at radius 3 is 2.83 bits per heavy atom. The van der Waals surface area contributed by atoms with Gasteiger partial charge in [0.2, 0.25) is 5.91 Å². The van der Waals surface area contributed by atoms with Crippen LogP contribution in [0.4, 0.5) is 14.5 Å². The topological polar surface area (TPSA) is 32.3 Å². The van der Waals surface area contributed by atoms with Gasteiger partial charge in [-0.05, 0) is 43.2 Å². The summed E-state index contributed by atoms with van der Waals surface area (Å²) in [5, 5.41) is 3.10. The summed E-state index contributed by atoms with van der Waals surface area (Å²) in [6, 6.07) is 2.50. The molecular weight excluding hydrogens is 298 g/mol. The Balaban J connectivity index is 1.68. The average molecular weight is 322 g/mol. The number of hydrogen-bond acceptors (Lipinski definition) is 2. The molecule has 1 aliphatic carbocycles. The van der Waals surface area contributed by atoms with Gasteiger partial charge in [-0.2, -0.15) is 0 Å². The van der Waals surface area contributed by atoms with Crippen LogP contribution in [0.3, 0.4) is 0 Å². The van der Waals surface area contributed by atoms with Crippen molar-refractivity contribution in [1.82, 2.24) is 5.32 Å². The first-order valence-electron chi connectivity index (χ1n) is 8.57. The van der Waals surface area contributed by atoms with Gasteiger partial charge in [0.25, 0.3) is 0 Å². The van der Waals surface area contributed by atoms with Crippen molar-refractivity contribution in [2.24, 2.45) is 5.92 Å². The van der Waals surface area contributed by atoms with Gasteiger partial charge in [-0.3, -0.25) is 4.79 Å². The number of halogens is 2. The maximum absolute atomic E-state index is 14.1. The summed E-state index contributed by atoms with van der Waals surface area (Å²) in [6.45, 7) is 2.94. The molecule has 1 fully saturated rings. The number of carbonyl (C=O) groups excluding carboxylic acids is 1. The van der Waals surface area contributed by atoms with Crippen LogP contribution in [0.5, 0.6) is 0 Å². The smallest absolute Gasteiger partial charge is 0.239 e. The Hall–Kier alpha value is -1.65. The van der Waals surface area contributed by atoms with E-state index in [0.29, 0.717) is 30.1 Å². The van der Waals surface area contributed by atoms with Gasteiger partial charge in [-0.1, -0.05) is 19.8 Å². The lowest BCUT2D eigenvalue weighted by molar-refractivity contribution is -0.121. The van der Waals surface area contributed by atoms with Gasteiger partial charge in [0, 0.05) is 18.7 Å². The van der Waals surface area contributed by atoms with E-state index in [2.05, 4.69) is 12.2 Å². The van der Waals surface area contributed by atoms with Crippen molar-refractivity contribution in [2.75, 3.05) is 18.0 Å². The molecule has 1 amide bonds. The van der Waals surface area contributed by atoms with Crippen LogP contribution in [0.1, 0.15) is 44.6 Å². The summed E-state index contributed by atoms with van der Waals surface area (Å²) >= 11 is 0. The van der Waals surface area contributed by atoms with E-state index in [1.54, 1.807) is 4.90 Å². The van der Waals surface area contributed by atoms with Crippen LogP contribution < -0.4 is 10.2 Å². The number of hydrogen-bond donors (Lipinski definition) is 1. The zero-order chi connectivity index (χ0) is 16.4. The van der Waals surface area contributed by atoms with Crippen molar-refractivity contribution in [1.29, 1.82) is 0 Å². The predicted molar refractivity (Wildman–Crippen MR) is 86.5 cm³/mol. The lowest BCUT2D eigenvalue weighted by Crippen LogP contribution is -2.46. The Bertz CT molecular complexity index is 591. The molecule has 0 spiro atoms. The Labute approximate surface area is 136 Å². The highest BCUT2D eigenvalue weighted by atomic mass is 19.1. The van der Waals surface area contributed by atoms with E-state index in [1.807, 2.05) is 0 Å². The number of anilines is 1. The number of amides is 1. The molecule has 0 bridgehead atoms. The lowest BCUT2D eigenvalue weighted by Gasteiger charge is -2.33. The summed E-state index contributed by atoms with van der Waals surface area (Å²) < 4.78 is 27.5. The highest BCUT2D eigenvalue weighted by molar-refractivity contribution is 5.82. The number of fused-ring (bicyclic) bond motifs is 1. The van der Waals surface area contributed by atoms with Crippen LogP contribution >= 0.6 is 0 Å². The highest BCUT2D eigenvalue weighted by Gasteiger charge is 2.26. The van der Waals surface area contributed by atoms with Gasteiger partial charge in [0.05, 0.1) is 12.2 Å². The standard InChI is InChI=1S/C18H24F2N2O/c1-12-5-2-3-7-16(12)21-17(23)11-22-8-4-6-13-9-14(19)10-15(20)18(13)22/h9-10,12,16H,2-8,11H2,1H3,(H,21,23)/t12-,16-/m1/s1. The first kappa shape index (κ1) is 16.2. The van der Waals surface area contributed by atoms with E-state index in [1.165, 1.54) is 12.5 Å². The number of nitrogens with zero attached hydrogens (tertiary/aromatic N) is 1.